The first kappa shape index (κ1) is 13.2. The van der Waals surface area contributed by atoms with Crippen LogP contribution < -0.4 is 0 Å². The van der Waals surface area contributed by atoms with E-state index in [1.54, 1.807) is 13.8 Å². The number of aliphatic hydroxyl groups is 2. The summed E-state index contributed by atoms with van der Waals surface area (Å²) in [6, 6.07) is 0. The third-order valence-corrected chi connectivity index (χ3v) is 1.93. The Hall–Kier alpha value is -0.760. The number of aliphatic hydroxyl groups excluding tert-OH is 2. The van der Waals surface area contributed by atoms with Crippen molar-refractivity contribution in [3.05, 3.63) is 24.0 Å². The summed E-state index contributed by atoms with van der Waals surface area (Å²) in [5.74, 6) is 0.416. The summed E-state index contributed by atoms with van der Waals surface area (Å²) in [5.41, 5.74) is 0. The van der Waals surface area contributed by atoms with Gasteiger partial charge in [0.25, 0.3) is 0 Å². The van der Waals surface area contributed by atoms with Crippen molar-refractivity contribution >= 4 is 0 Å². The van der Waals surface area contributed by atoms with E-state index in [0.29, 0.717) is 5.76 Å². The molecular weight excluding hydrogens is 176 g/mol. The number of allylic oxidation sites excluding steroid dienone is 3. The van der Waals surface area contributed by atoms with Crippen molar-refractivity contribution in [1.82, 2.24) is 0 Å². The van der Waals surface area contributed by atoms with E-state index in [-0.39, 0.29) is 6.10 Å². The highest BCUT2D eigenvalue weighted by Gasteiger charge is 1.88. The van der Waals surface area contributed by atoms with Crippen LogP contribution in [0.5, 0.6) is 0 Å². The third kappa shape index (κ3) is 11.2. The van der Waals surface area contributed by atoms with Gasteiger partial charge in [-0.1, -0.05) is 18.6 Å². The second kappa shape index (κ2) is 8.82. The van der Waals surface area contributed by atoms with Gasteiger partial charge < -0.3 is 10.2 Å². The molecule has 1 atom stereocenters. The normalized spacial score (nSPS) is 14.9. The first-order chi connectivity index (χ1) is 6.63. The molecule has 0 aliphatic rings. The molecule has 0 aromatic rings. The molecule has 82 valence electrons. The fourth-order valence-electron chi connectivity index (χ4n) is 1.19. The molecular formula is C12H22O2. The lowest BCUT2D eigenvalue weighted by Gasteiger charge is -1.96. The molecule has 2 nitrogen and oxygen atoms in total. The molecule has 0 aromatic heterocycles. The summed E-state index contributed by atoms with van der Waals surface area (Å²) in [5, 5.41) is 17.8. The van der Waals surface area contributed by atoms with E-state index < -0.39 is 0 Å². The van der Waals surface area contributed by atoms with Gasteiger partial charge in [-0.05, 0) is 45.6 Å². The summed E-state index contributed by atoms with van der Waals surface area (Å²) < 4.78 is 0. The van der Waals surface area contributed by atoms with Crippen LogP contribution in [0.15, 0.2) is 24.0 Å². The van der Waals surface area contributed by atoms with E-state index in [2.05, 4.69) is 0 Å². The maximum atomic E-state index is 8.93. The van der Waals surface area contributed by atoms with Crippen LogP contribution >= 0.6 is 0 Å². The molecule has 0 radical (unpaired) electrons. The Balaban J connectivity index is 3.18. The number of hydrogen-bond acceptors (Lipinski definition) is 2. The van der Waals surface area contributed by atoms with Crippen molar-refractivity contribution in [1.29, 1.82) is 0 Å². The first-order valence-corrected chi connectivity index (χ1v) is 5.33. The van der Waals surface area contributed by atoms with Gasteiger partial charge in [0, 0.05) is 0 Å². The van der Waals surface area contributed by atoms with E-state index in [1.807, 2.05) is 18.2 Å². The summed E-state index contributed by atoms with van der Waals surface area (Å²) in [6.07, 6.45) is 10.8. The van der Waals surface area contributed by atoms with Crippen LogP contribution in [-0.2, 0) is 0 Å². The first-order valence-electron chi connectivity index (χ1n) is 5.33. The summed E-state index contributed by atoms with van der Waals surface area (Å²) in [7, 11) is 0. The fraction of sp³-hybridized carbons (Fsp3) is 0.667. The number of rotatable bonds is 7. The Bertz CT molecular complexity index is 177. The predicted octanol–water partition coefficient (Wildman–Crippen LogP) is 3.34. The molecule has 2 heteroatoms. The fourth-order valence-corrected chi connectivity index (χ4v) is 1.19. The third-order valence-electron chi connectivity index (χ3n) is 1.93. The lowest BCUT2D eigenvalue weighted by atomic mass is 10.1. The van der Waals surface area contributed by atoms with Crippen LogP contribution in [0.1, 0.15) is 46.0 Å². The Morgan fingerprint density at radius 2 is 1.86 bits per heavy atom. The quantitative estimate of drug-likeness (QED) is 0.374. The number of unbranched alkanes of at least 4 members (excludes halogenated alkanes) is 4. The van der Waals surface area contributed by atoms with Gasteiger partial charge >= 0.3 is 0 Å². The van der Waals surface area contributed by atoms with Crippen molar-refractivity contribution < 1.29 is 10.2 Å². The highest BCUT2D eigenvalue weighted by Crippen LogP contribution is 2.05. The second-order valence-electron chi connectivity index (χ2n) is 3.65. The van der Waals surface area contributed by atoms with Gasteiger partial charge in [0.2, 0.25) is 0 Å². The van der Waals surface area contributed by atoms with Gasteiger partial charge in [0.05, 0.1) is 11.9 Å². The highest BCUT2D eigenvalue weighted by molar-refractivity contribution is 4.87. The zero-order chi connectivity index (χ0) is 10.8. The molecule has 2 N–H and O–H groups in total. The molecule has 0 saturated heterocycles. The Kier molecular flexibility index (Phi) is 8.34. The minimum atomic E-state index is -0.324. The van der Waals surface area contributed by atoms with E-state index in [4.69, 9.17) is 10.2 Å². The monoisotopic (exact) mass is 198 g/mol. The van der Waals surface area contributed by atoms with Gasteiger partial charge in [0.1, 0.15) is 0 Å². The van der Waals surface area contributed by atoms with Crippen molar-refractivity contribution in [2.24, 2.45) is 0 Å². The minimum Gasteiger partial charge on any atom is -0.513 e. The molecule has 0 aliphatic heterocycles. The average Bonchev–Trinajstić information content (AvgIpc) is 2.08. The maximum Gasteiger partial charge on any atom is 0.0851 e. The van der Waals surface area contributed by atoms with E-state index in [9.17, 15) is 0 Å². The van der Waals surface area contributed by atoms with Crippen LogP contribution in [0.3, 0.4) is 0 Å². The minimum absolute atomic E-state index is 0.324. The Labute approximate surface area is 87.0 Å². The molecule has 0 saturated carbocycles. The Morgan fingerprint density at radius 1 is 1.21 bits per heavy atom. The van der Waals surface area contributed by atoms with Crippen LogP contribution in [0.25, 0.3) is 0 Å². The van der Waals surface area contributed by atoms with E-state index in [0.717, 1.165) is 25.7 Å². The van der Waals surface area contributed by atoms with Crippen LogP contribution in [0.4, 0.5) is 0 Å². The molecule has 0 heterocycles. The van der Waals surface area contributed by atoms with Crippen molar-refractivity contribution in [3.63, 3.8) is 0 Å². The second-order valence-corrected chi connectivity index (χ2v) is 3.65. The molecule has 1 unspecified atom stereocenters. The topological polar surface area (TPSA) is 40.5 Å². The maximum absolute atomic E-state index is 8.93. The molecule has 0 rings (SSSR count). The molecule has 0 amide bonds. The average molecular weight is 198 g/mol. The van der Waals surface area contributed by atoms with Gasteiger partial charge in [-0.15, -0.1) is 0 Å². The highest BCUT2D eigenvalue weighted by atomic mass is 16.3. The summed E-state index contributed by atoms with van der Waals surface area (Å²) in [6.45, 7) is 3.46. The van der Waals surface area contributed by atoms with Crippen molar-refractivity contribution in [2.75, 3.05) is 0 Å². The largest absolute Gasteiger partial charge is 0.513 e. The number of hydrogen-bond donors (Lipinski definition) is 2. The summed E-state index contributed by atoms with van der Waals surface area (Å²) in [4.78, 5) is 0. The molecule has 0 aliphatic carbocycles. The van der Waals surface area contributed by atoms with Gasteiger partial charge in [-0.3, -0.25) is 0 Å². The molecule has 0 bridgehead atoms. The molecule has 0 spiro atoms. The Morgan fingerprint density at radius 3 is 2.43 bits per heavy atom. The summed E-state index contributed by atoms with van der Waals surface area (Å²) >= 11 is 0. The van der Waals surface area contributed by atoms with E-state index >= 15 is 0 Å². The zero-order valence-electron chi connectivity index (χ0n) is 9.24. The zero-order valence-corrected chi connectivity index (χ0v) is 9.24. The van der Waals surface area contributed by atoms with Crippen LogP contribution in [0, 0.1) is 0 Å². The van der Waals surface area contributed by atoms with Crippen molar-refractivity contribution in [2.45, 2.75) is 52.1 Å². The lowest BCUT2D eigenvalue weighted by Crippen LogP contribution is -1.91. The molecule has 0 fully saturated rings. The van der Waals surface area contributed by atoms with Gasteiger partial charge in [0.15, 0.2) is 0 Å². The smallest absolute Gasteiger partial charge is 0.0851 e. The van der Waals surface area contributed by atoms with E-state index in [1.165, 1.54) is 6.42 Å². The van der Waals surface area contributed by atoms with Gasteiger partial charge in [-0.25, -0.2) is 0 Å². The predicted molar refractivity (Wildman–Crippen MR) is 60.3 cm³/mol. The lowest BCUT2D eigenvalue weighted by molar-refractivity contribution is 0.244. The van der Waals surface area contributed by atoms with Crippen molar-refractivity contribution in [3.8, 4) is 0 Å². The van der Waals surface area contributed by atoms with Crippen LogP contribution in [-0.4, -0.2) is 16.3 Å². The SMILES string of the molecule is C/C(O)=C\CCCCC/C=C/C(C)O. The molecule has 14 heavy (non-hydrogen) atoms. The molecule has 0 aromatic carbocycles. The standard InChI is InChI=1S/C12H22O2/c1-11(13)9-7-5-3-4-6-8-10-12(2)14/h7,9-11,13-14H,3-6,8H2,1-2H3/b9-7+,12-10+. The van der Waals surface area contributed by atoms with Crippen LogP contribution in [0.2, 0.25) is 0 Å². The van der Waals surface area contributed by atoms with Gasteiger partial charge in [-0.2, -0.15) is 0 Å².